The molecule has 0 heterocycles. The Balaban J connectivity index is 2.93. The summed E-state index contributed by atoms with van der Waals surface area (Å²) in [6.45, 7) is 3.73. The molecule has 2 unspecified atom stereocenters. The zero-order chi connectivity index (χ0) is 15.3. The van der Waals surface area contributed by atoms with Crippen molar-refractivity contribution < 1.29 is 18.7 Å². The number of halogens is 1. The van der Waals surface area contributed by atoms with Crippen LogP contribution in [0.2, 0.25) is 0 Å². The Morgan fingerprint density at radius 3 is 2.60 bits per heavy atom. The molecule has 0 saturated heterocycles. The van der Waals surface area contributed by atoms with Gasteiger partial charge in [0.2, 0.25) is 0 Å². The minimum Gasteiger partial charge on any atom is -0.467 e. The number of esters is 1. The number of methoxy groups -OCH3 is 1. The van der Waals surface area contributed by atoms with Crippen molar-refractivity contribution in [2.45, 2.75) is 26.3 Å². The second kappa shape index (κ2) is 6.88. The van der Waals surface area contributed by atoms with Gasteiger partial charge in [-0.2, -0.15) is 0 Å². The van der Waals surface area contributed by atoms with Crippen molar-refractivity contribution in [3.8, 4) is 0 Å². The summed E-state index contributed by atoms with van der Waals surface area (Å²) in [5.74, 6) is -1.66. The van der Waals surface area contributed by atoms with Crippen LogP contribution in [0.5, 0.6) is 0 Å². The van der Waals surface area contributed by atoms with E-state index in [0.29, 0.717) is 6.42 Å². The standard InChI is InChI=1S/C14H19FN2O3/c1-4-8(2)12(14(19)20-3)17-13(18)10-6-5-9(15)7-11(10)16/h5-8,12H,4,16H2,1-3H3,(H,17,18). The second-order valence-electron chi connectivity index (χ2n) is 4.59. The Morgan fingerprint density at radius 1 is 1.45 bits per heavy atom. The molecule has 0 bridgehead atoms. The summed E-state index contributed by atoms with van der Waals surface area (Å²) in [7, 11) is 1.26. The number of carbonyl (C=O) groups is 2. The van der Waals surface area contributed by atoms with E-state index in [2.05, 4.69) is 10.1 Å². The van der Waals surface area contributed by atoms with Gasteiger partial charge in [-0.1, -0.05) is 20.3 Å². The SMILES string of the molecule is CCC(C)C(NC(=O)c1ccc(F)cc1N)C(=O)OC. The van der Waals surface area contributed by atoms with Crippen molar-refractivity contribution >= 4 is 17.6 Å². The van der Waals surface area contributed by atoms with Gasteiger partial charge in [-0.05, 0) is 24.1 Å². The van der Waals surface area contributed by atoms with E-state index >= 15 is 0 Å². The topological polar surface area (TPSA) is 81.4 Å². The molecule has 3 N–H and O–H groups in total. The van der Waals surface area contributed by atoms with Crippen molar-refractivity contribution in [3.05, 3.63) is 29.6 Å². The Kier molecular flexibility index (Phi) is 5.49. The molecule has 6 heteroatoms. The molecule has 2 atom stereocenters. The summed E-state index contributed by atoms with van der Waals surface area (Å²) >= 11 is 0. The molecule has 0 aliphatic rings. The van der Waals surface area contributed by atoms with E-state index in [-0.39, 0.29) is 17.2 Å². The third-order valence-electron chi connectivity index (χ3n) is 3.21. The predicted octanol–water partition coefficient (Wildman–Crippen LogP) is 1.73. The summed E-state index contributed by atoms with van der Waals surface area (Å²) in [5.41, 5.74) is 5.75. The quantitative estimate of drug-likeness (QED) is 0.636. The molecule has 20 heavy (non-hydrogen) atoms. The lowest BCUT2D eigenvalue weighted by atomic mass is 9.98. The molecule has 0 aromatic heterocycles. The fraction of sp³-hybridized carbons (Fsp3) is 0.429. The van der Waals surface area contributed by atoms with Crippen LogP contribution in [0.4, 0.5) is 10.1 Å². The van der Waals surface area contributed by atoms with E-state index < -0.39 is 23.7 Å². The Morgan fingerprint density at radius 2 is 2.10 bits per heavy atom. The molecular formula is C14H19FN2O3. The minimum absolute atomic E-state index is 0.0234. The third-order valence-corrected chi connectivity index (χ3v) is 3.21. The number of hydrogen-bond donors (Lipinski definition) is 2. The third kappa shape index (κ3) is 3.69. The van der Waals surface area contributed by atoms with Crippen molar-refractivity contribution in [3.63, 3.8) is 0 Å². The summed E-state index contributed by atoms with van der Waals surface area (Å²) in [4.78, 5) is 23.8. The number of carbonyl (C=O) groups excluding carboxylic acids is 2. The number of anilines is 1. The van der Waals surface area contributed by atoms with Gasteiger partial charge in [0.05, 0.1) is 12.7 Å². The van der Waals surface area contributed by atoms with E-state index in [9.17, 15) is 14.0 Å². The first kappa shape index (κ1) is 15.9. The monoisotopic (exact) mass is 282 g/mol. The van der Waals surface area contributed by atoms with Crippen LogP contribution in [-0.4, -0.2) is 25.0 Å². The van der Waals surface area contributed by atoms with Gasteiger partial charge in [0, 0.05) is 5.69 Å². The van der Waals surface area contributed by atoms with Crippen LogP contribution in [0.15, 0.2) is 18.2 Å². The number of amides is 1. The number of nitrogen functional groups attached to an aromatic ring is 1. The maximum absolute atomic E-state index is 13.0. The van der Waals surface area contributed by atoms with Gasteiger partial charge < -0.3 is 15.8 Å². The van der Waals surface area contributed by atoms with Crippen molar-refractivity contribution in [2.24, 2.45) is 5.92 Å². The van der Waals surface area contributed by atoms with Crippen LogP contribution in [0.25, 0.3) is 0 Å². The maximum atomic E-state index is 13.0. The highest BCUT2D eigenvalue weighted by Gasteiger charge is 2.27. The lowest BCUT2D eigenvalue weighted by Gasteiger charge is -2.22. The summed E-state index contributed by atoms with van der Waals surface area (Å²) < 4.78 is 17.6. The van der Waals surface area contributed by atoms with Crippen LogP contribution >= 0.6 is 0 Å². The van der Waals surface area contributed by atoms with Gasteiger partial charge in [-0.15, -0.1) is 0 Å². The molecule has 1 aromatic carbocycles. The van der Waals surface area contributed by atoms with E-state index in [0.717, 1.165) is 12.1 Å². The summed E-state index contributed by atoms with van der Waals surface area (Å²) in [6, 6.07) is 2.72. The van der Waals surface area contributed by atoms with Crippen molar-refractivity contribution in [2.75, 3.05) is 12.8 Å². The molecule has 110 valence electrons. The molecule has 0 spiro atoms. The molecule has 0 radical (unpaired) electrons. The number of rotatable bonds is 5. The number of nitrogens with two attached hydrogens (primary N) is 1. The van der Waals surface area contributed by atoms with Gasteiger partial charge in [0.25, 0.3) is 5.91 Å². The molecular weight excluding hydrogens is 263 g/mol. The van der Waals surface area contributed by atoms with Gasteiger partial charge in [-0.25, -0.2) is 9.18 Å². The first-order valence-electron chi connectivity index (χ1n) is 6.34. The lowest BCUT2D eigenvalue weighted by molar-refractivity contribution is -0.144. The molecule has 1 rings (SSSR count). The first-order chi connectivity index (χ1) is 9.40. The zero-order valence-electron chi connectivity index (χ0n) is 11.8. The normalized spacial score (nSPS) is 13.4. The predicted molar refractivity (Wildman–Crippen MR) is 73.5 cm³/mol. The molecule has 5 nitrogen and oxygen atoms in total. The minimum atomic E-state index is -0.762. The Labute approximate surface area is 117 Å². The van der Waals surface area contributed by atoms with Crippen LogP contribution in [0, 0.1) is 11.7 Å². The summed E-state index contributed by atoms with van der Waals surface area (Å²) in [5, 5.41) is 2.58. The fourth-order valence-corrected chi connectivity index (χ4v) is 1.76. The highest BCUT2D eigenvalue weighted by Crippen LogP contribution is 2.15. The van der Waals surface area contributed by atoms with Crippen molar-refractivity contribution in [1.82, 2.24) is 5.32 Å². The highest BCUT2D eigenvalue weighted by atomic mass is 19.1. The van der Waals surface area contributed by atoms with E-state index in [1.807, 2.05) is 13.8 Å². The average molecular weight is 282 g/mol. The Bertz CT molecular complexity index is 505. The maximum Gasteiger partial charge on any atom is 0.328 e. The van der Waals surface area contributed by atoms with Crippen molar-refractivity contribution in [1.29, 1.82) is 0 Å². The zero-order valence-corrected chi connectivity index (χ0v) is 11.8. The van der Waals surface area contributed by atoms with Gasteiger partial charge >= 0.3 is 5.97 Å². The van der Waals surface area contributed by atoms with E-state index in [4.69, 9.17) is 5.73 Å². The van der Waals surface area contributed by atoms with Crippen LogP contribution in [-0.2, 0) is 9.53 Å². The van der Waals surface area contributed by atoms with Crippen LogP contribution in [0.1, 0.15) is 30.6 Å². The van der Waals surface area contributed by atoms with Gasteiger partial charge in [0.15, 0.2) is 0 Å². The van der Waals surface area contributed by atoms with Crippen LogP contribution in [0.3, 0.4) is 0 Å². The average Bonchev–Trinajstić information content (AvgIpc) is 2.42. The Hall–Kier alpha value is -2.11. The summed E-state index contributed by atoms with van der Waals surface area (Å²) in [6.07, 6.45) is 0.693. The van der Waals surface area contributed by atoms with Gasteiger partial charge in [-0.3, -0.25) is 4.79 Å². The van der Waals surface area contributed by atoms with E-state index in [1.165, 1.54) is 13.2 Å². The van der Waals surface area contributed by atoms with Gasteiger partial charge in [0.1, 0.15) is 11.9 Å². The number of ether oxygens (including phenoxy) is 1. The van der Waals surface area contributed by atoms with E-state index in [1.54, 1.807) is 0 Å². The second-order valence-corrected chi connectivity index (χ2v) is 4.59. The fourth-order valence-electron chi connectivity index (χ4n) is 1.76. The largest absolute Gasteiger partial charge is 0.467 e. The molecule has 0 fully saturated rings. The molecule has 1 aromatic rings. The number of hydrogen-bond acceptors (Lipinski definition) is 4. The number of nitrogens with one attached hydrogen (secondary N) is 1. The lowest BCUT2D eigenvalue weighted by Crippen LogP contribution is -2.45. The smallest absolute Gasteiger partial charge is 0.328 e. The first-order valence-corrected chi connectivity index (χ1v) is 6.34. The molecule has 0 aliphatic carbocycles. The number of benzene rings is 1. The molecule has 0 saturated carbocycles. The molecule has 1 amide bonds. The highest BCUT2D eigenvalue weighted by molar-refractivity contribution is 6.00. The molecule has 0 aliphatic heterocycles. The van der Waals surface area contributed by atoms with Crippen LogP contribution < -0.4 is 11.1 Å².